The molecule has 2 N–H and O–H groups in total. The molecule has 0 aliphatic carbocycles. The Hall–Kier alpha value is -2.63. The first-order chi connectivity index (χ1) is 13.4. The number of non-ortho nitro benzene ring substituents is 1. The molecule has 0 saturated heterocycles. The summed E-state index contributed by atoms with van der Waals surface area (Å²) in [6.07, 6.45) is 1.59. The topological polar surface area (TPSA) is 123 Å². The molecule has 9 nitrogen and oxygen atoms in total. The van der Waals surface area contributed by atoms with E-state index in [-0.39, 0.29) is 16.6 Å². The van der Waals surface area contributed by atoms with Crippen LogP contribution in [0.4, 0.5) is 16.5 Å². The standard InChI is InChI=1S/C16H14ClN5O4S2/c1-9(14(23)19-13-5-4-10(22(24)25)7-12(13)17)27-16-21-20-15(28-16)18-8-11-3-2-6-26-11/h2-7,9H,8H2,1H3,(H,18,20)(H,19,23). The molecule has 12 heteroatoms. The van der Waals surface area contributed by atoms with Gasteiger partial charge in [-0.15, -0.1) is 10.2 Å². The average molecular weight is 440 g/mol. The molecule has 0 aliphatic rings. The van der Waals surface area contributed by atoms with Crippen molar-refractivity contribution in [3.8, 4) is 0 Å². The number of thioether (sulfide) groups is 1. The molecule has 0 spiro atoms. The van der Waals surface area contributed by atoms with Crippen molar-refractivity contribution in [2.75, 3.05) is 10.6 Å². The van der Waals surface area contributed by atoms with Gasteiger partial charge in [-0.05, 0) is 25.1 Å². The van der Waals surface area contributed by atoms with Gasteiger partial charge in [0.15, 0.2) is 4.34 Å². The maximum absolute atomic E-state index is 12.4. The van der Waals surface area contributed by atoms with Crippen molar-refractivity contribution in [3.05, 3.63) is 57.5 Å². The number of nitrogens with one attached hydrogen (secondary N) is 2. The van der Waals surface area contributed by atoms with Crippen LogP contribution in [0.1, 0.15) is 12.7 Å². The summed E-state index contributed by atoms with van der Waals surface area (Å²) in [5, 5.41) is 24.8. The summed E-state index contributed by atoms with van der Waals surface area (Å²) in [5.74, 6) is 0.471. The van der Waals surface area contributed by atoms with Gasteiger partial charge in [-0.3, -0.25) is 14.9 Å². The van der Waals surface area contributed by atoms with Gasteiger partial charge in [-0.1, -0.05) is 34.7 Å². The van der Waals surface area contributed by atoms with Crippen molar-refractivity contribution in [2.45, 2.75) is 23.1 Å². The van der Waals surface area contributed by atoms with Crippen LogP contribution in [0.25, 0.3) is 0 Å². The number of nitrogens with zero attached hydrogens (tertiary/aromatic N) is 3. The van der Waals surface area contributed by atoms with Gasteiger partial charge in [0.2, 0.25) is 11.0 Å². The number of nitro groups is 1. The number of nitro benzene ring substituents is 1. The number of rotatable bonds is 8. The highest BCUT2D eigenvalue weighted by Crippen LogP contribution is 2.31. The SMILES string of the molecule is CC(Sc1nnc(NCc2ccco2)s1)C(=O)Nc1ccc([N+](=O)[O-])cc1Cl. The number of benzene rings is 1. The Morgan fingerprint density at radius 1 is 1.43 bits per heavy atom. The molecule has 0 radical (unpaired) electrons. The molecule has 146 valence electrons. The fraction of sp³-hybridized carbons (Fsp3) is 0.188. The normalized spacial score (nSPS) is 11.8. The molecule has 1 aromatic carbocycles. The summed E-state index contributed by atoms with van der Waals surface area (Å²) in [7, 11) is 0. The number of furan rings is 1. The van der Waals surface area contributed by atoms with Crippen molar-refractivity contribution in [2.24, 2.45) is 0 Å². The molecule has 0 fully saturated rings. The number of carbonyl (C=O) groups excluding carboxylic acids is 1. The Labute approximate surface area is 172 Å². The van der Waals surface area contributed by atoms with E-state index in [1.165, 1.54) is 41.3 Å². The Balaban J connectivity index is 1.55. The van der Waals surface area contributed by atoms with Crippen molar-refractivity contribution in [1.82, 2.24) is 10.2 Å². The number of halogens is 1. The number of anilines is 2. The van der Waals surface area contributed by atoms with Crippen LogP contribution in [-0.4, -0.2) is 26.3 Å². The summed E-state index contributed by atoms with van der Waals surface area (Å²) in [6, 6.07) is 7.52. The fourth-order valence-electron chi connectivity index (χ4n) is 2.06. The molecule has 2 aromatic heterocycles. The third-order valence-corrected chi connectivity index (χ3v) is 5.85. The van der Waals surface area contributed by atoms with Gasteiger partial charge in [0, 0.05) is 12.1 Å². The van der Waals surface area contributed by atoms with Gasteiger partial charge in [-0.2, -0.15) is 0 Å². The quantitative estimate of drug-likeness (QED) is 0.300. The molecule has 0 saturated carbocycles. The highest BCUT2D eigenvalue weighted by molar-refractivity contribution is 8.02. The van der Waals surface area contributed by atoms with Gasteiger partial charge in [-0.25, -0.2) is 0 Å². The molecular weight excluding hydrogens is 426 g/mol. The van der Waals surface area contributed by atoms with E-state index in [1.54, 1.807) is 19.3 Å². The molecule has 0 aliphatic heterocycles. The zero-order valence-corrected chi connectivity index (χ0v) is 16.8. The zero-order valence-electron chi connectivity index (χ0n) is 14.4. The second-order valence-corrected chi connectivity index (χ2v) is 8.45. The molecule has 0 bridgehead atoms. The monoisotopic (exact) mass is 439 g/mol. The number of hydrogen-bond donors (Lipinski definition) is 2. The first kappa shape index (κ1) is 20.1. The van der Waals surface area contributed by atoms with E-state index in [2.05, 4.69) is 20.8 Å². The fourth-order valence-corrected chi connectivity index (χ4v) is 4.18. The summed E-state index contributed by atoms with van der Waals surface area (Å²) >= 11 is 8.57. The van der Waals surface area contributed by atoms with Gasteiger partial charge in [0.05, 0.1) is 33.7 Å². The van der Waals surface area contributed by atoms with E-state index in [9.17, 15) is 14.9 Å². The predicted octanol–water partition coefficient (Wildman–Crippen LogP) is 4.42. The second-order valence-electron chi connectivity index (χ2n) is 5.48. The molecular formula is C16H14ClN5O4S2. The third kappa shape index (κ3) is 5.21. The maximum atomic E-state index is 12.4. The average Bonchev–Trinajstić information content (AvgIpc) is 3.33. The smallest absolute Gasteiger partial charge is 0.271 e. The van der Waals surface area contributed by atoms with Gasteiger partial charge in [0.25, 0.3) is 5.69 Å². The van der Waals surface area contributed by atoms with Crippen molar-refractivity contribution < 1.29 is 14.1 Å². The van der Waals surface area contributed by atoms with Crippen LogP contribution in [0.15, 0.2) is 45.4 Å². The lowest BCUT2D eigenvalue weighted by Crippen LogP contribution is -2.22. The van der Waals surface area contributed by atoms with E-state index in [0.29, 0.717) is 21.7 Å². The van der Waals surface area contributed by atoms with Crippen molar-refractivity contribution >= 4 is 57.1 Å². The minimum absolute atomic E-state index is 0.0973. The van der Waals surface area contributed by atoms with Crippen LogP contribution in [0, 0.1) is 10.1 Å². The van der Waals surface area contributed by atoms with E-state index < -0.39 is 10.2 Å². The molecule has 1 atom stereocenters. The summed E-state index contributed by atoms with van der Waals surface area (Å²) in [4.78, 5) is 22.6. The van der Waals surface area contributed by atoms with Crippen LogP contribution in [0.3, 0.4) is 0 Å². The van der Waals surface area contributed by atoms with Gasteiger partial charge >= 0.3 is 0 Å². The minimum Gasteiger partial charge on any atom is -0.467 e. The van der Waals surface area contributed by atoms with Crippen molar-refractivity contribution in [3.63, 3.8) is 0 Å². The minimum atomic E-state index is -0.553. The molecule has 3 aromatic rings. The Kier molecular flexibility index (Phi) is 6.49. The molecule has 2 heterocycles. The molecule has 28 heavy (non-hydrogen) atoms. The molecule has 1 unspecified atom stereocenters. The third-order valence-electron chi connectivity index (χ3n) is 3.47. The lowest BCUT2D eigenvalue weighted by atomic mass is 10.2. The second kappa shape index (κ2) is 9.04. The molecule has 1 amide bonds. The Bertz CT molecular complexity index is 979. The van der Waals surface area contributed by atoms with E-state index in [1.807, 2.05) is 6.07 Å². The highest BCUT2D eigenvalue weighted by Gasteiger charge is 2.19. The van der Waals surface area contributed by atoms with E-state index in [4.69, 9.17) is 16.0 Å². The van der Waals surface area contributed by atoms with Gasteiger partial charge in [0.1, 0.15) is 5.76 Å². The number of carbonyl (C=O) groups is 1. The summed E-state index contributed by atoms with van der Waals surface area (Å²) < 4.78 is 5.86. The molecule has 3 rings (SSSR count). The summed E-state index contributed by atoms with van der Waals surface area (Å²) in [5.41, 5.74) is 0.164. The highest BCUT2D eigenvalue weighted by atomic mass is 35.5. The maximum Gasteiger partial charge on any atom is 0.271 e. The van der Waals surface area contributed by atoms with Crippen LogP contribution < -0.4 is 10.6 Å². The number of amides is 1. The lowest BCUT2D eigenvalue weighted by molar-refractivity contribution is -0.384. The van der Waals surface area contributed by atoms with Crippen LogP contribution in [0.5, 0.6) is 0 Å². The van der Waals surface area contributed by atoms with Crippen LogP contribution in [-0.2, 0) is 11.3 Å². The predicted molar refractivity (Wildman–Crippen MR) is 108 cm³/mol. The first-order valence-corrected chi connectivity index (χ1v) is 10.0. The van der Waals surface area contributed by atoms with E-state index >= 15 is 0 Å². The summed E-state index contributed by atoms with van der Waals surface area (Å²) in [6.45, 7) is 2.21. The Morgan fingerprint density at radius 3 is 2.93 bits per heavy atom. The van der Waals surface area contributed by atoms with Crippen molar-refractivity contribution in [1.29, 1.82) is 0 Å². The number of hydrogen-bond acceptors (Lipinski definition) is 9. The van der Waals surface area contributed by atoms with Crippen LogP contribution >= 0.6 is 34.7 Å². The van der Waals surface area contributed by atoms with Crippen LogP contribution in [0.2, 0.25) is 5.02 Å². The Morgan fingerprint density at radius 2 is 2.25 bits per heavy atom. The zero-order chi connectivity index (χ0) is 20.1. The van der Waals surface area contributed by atoms with Gasteiger partial charge < -0.3 is 15.1 Å². The largest absolute Gasteiger partial charge is 0.467 e. The lowest BCUT2D eigenvalue weighted by Gasteiger charge is -2.11. The van der Waals surface area contributed by atoms with E-state index in [0.717, 1.165) is 5.76 Å². The number of aromatic nitrogens is 2. The first-order valence-electron chi connectivity index (χ1n) is 7.93.